The summed E-state index contributed by atoms with van der Waals surface area (Å²) in [6, 6.07) is 10.6. The van der Waals surface area contributed by atoms with Crippen molar-refractivity contribution in [3.05, 3.63) is 35.9 Å². The van der Waals surface area contributed by atoms with Gasteiger partial charge in [0.05, 0.1) is 12.7 Å². The molecule has 111 valence electrons. The van der Waals surface area contributed by atoms with E-state index in [1.54, 1.807) is 0 Å². The average Bonchev–Trinajstić information content (AvgIpc) is 3.02. The maximum atomic E-state index is 6.31. The summed E-state index contributed by atoms with van der Waals surface area (Å²) in [7, 11) is 0. The van der Waals surface area contributed by atoms with Crippen LogP contribution in [0.3, 0.4) is 0 Å². The Hall–Kier alpha value is -0.795. The third-order valence-electron chi connectivity index (χ3n) is 6.32. The molecule has 2 heterocycles. The molecule has 1 aromatic rings. The van der Waals surface area contributed by atoms with Gasteiger partial charge in [-0.25, -0.2) is 0 Å². The van der Waals surface area contributed by atoms with Gasteiger partial charge in [0, 0.05) is 33.0 Å². The molecule has 0 amide bonds. The zero-order valence-electron chi connectivity index (χ0n) is 13.2. The summed E-state index contributed by atoms with van der Waals surface area (Å²) in [4.78, 5) is 2.73. The van der Waals surface area contributed by atoms with Gasteiger partial charge in [0.2, 0.25) is 0 Å². The summed E-state index contributed by atoms with van der Waals surface area (Å²) in [6.07, 6.45) is 3.21. The molecule has 0 N–H and O–H groups in total. The third-order valence-corrected chi connectivity index (χ3v) is 6.32. The normalized spacial score (nSPS) is 41.0. The molecule has 2 saturated heterocycles. The van der Waals surface area contributed by atoms with Gasteiger partial charge in [-0.05, 0) is 37.2 Å². The van der Waals surface area contributed by atoms with E-state index in [4.69, 9.17) is 4.74 Å². The largest absolute Gasteiger partial charge is 0.372 e. The van der Waals surface area contributed by atoms with Crippen LogP contribution in [0.2, 0.25) is 0 Å². The van der Waals surface area contributed by atoms with Crippen molar-refractivity contribution < 1.29 is 4.74 Å². The molecule has 21 heavy (non-hydrogen) atoms. The predicted octanol–water partition coefficient (Wildman–Crippen LogP) is 2.94. The summed E-state index contributed by atoms with van der Waals surface area (Å²) >= 11 is 0. The van der Waals surface area contributed by atoms with Gasteiger partial charge in [0.15, 0.2) is 0 Å². The topological polar surface area (TPSA) is 12.5 Å². The van der Waals surface area contributed by atoms with Crippen molar-refractivity contribution in [3.63, 3.8) is 0 Å². The number of ether oxygens (including phenoxy) is 1. The van der Waals surface area contributed by atoms with Gasteiger partial charge in [-0.15, -0.1) is 0 Å². The number of nitrogens with zero attached hydrogens (tertiary/aromatic N) is 1. The van der Waals surface area contributed by atoms with Gasteiger partial charge in [-0.3, -0.25) is 4.90 Å². The highest BCUT2D eigenvalue weighted by Crippen LogP contribution is 2.57. The molecule has 3 aliphatic rings. The van der Waals surface area contributed by atoms with Crippen molar-refractivity contribution in [2.24, 2.45) is 17.8 Å². The first-order valence-electron chi connectivity index (χ1n) is 8.10. The Morgan fingerprint density at radius 1 is 1.14 bits per heavy atom. The minimum absolute atomic E-state index is 0. The van der Waals surface area contributed by atoms with Crippen molar-refractivity contribution in [2.75, 3.05) is 13.1 Å². The molecule has 3 fully saturated rings. The lowest BCUT2D eigenvalue weighted by Crippen LogP contribution is -2.41. The smallest absolute Gasteiger partial charge is 0.0752 e. The van der Waals surface area contributed by atoms with Crippen LogP contribution in [0.25, 0.3) is 0 Å². The first-order chi connectivity index (χ1) is 9.69. The van der Waals surface area contributed by atoms with Gasteiger partial charge < -0.3 is 4.74 Å². The van der Waals surface area contributed by atoms with E-state index in [0.29, 0.717) is 11.6 Å². The third kappa shape index (κ3) is 2.17. The lowest BCUT2D eigenvalue weighted by molar-refractivity contribution is 0.0160. The van der Waals surface area contributed by atoms with Crippen LogP contribution in [-0.2, 0) is 11.3 Å². The molecule has 4 rings (SSSR count). The SMILES string of the molecule is C[C@@H]1CN2C[C@@H](OCc3ccccc3)[C@H]3CC[C@@H]1[C@]32C.[B]. The molecule has 5 atom stereocenters. The van der Waals surface area contributed by atoms with Crippen LogP contribution in [0.4, 0.5) is 0 Å². The molecule has 0 unspecified atom stereocenters. The maximum Gasteiger partial charge on any atom is 0.0752 e. The molecule has 0 aromatic heterocycles. The lowest BCUT2D eigenvalue weighted by atomic mass is 9.80. The van der Waals surface area contributed by atoms with Crippen LogP contribution < -0.4 is 0 Å². The molecular weight excluding hydrogens is 257 g/mol. The van der Waals surface area contributed by atoms with E-state index >= 15 is 0 Å². The Bertz CT molecular complexity index is 493. The van der Waals surface area contributed by atoms with Crippen LogP contribution >= 0.6 is 0 Å². The van der Waals surface area contributed by atoms with Gasteiger partial charge in [-0.2, -0.15) is 0 Å². The molecule has 0 spiro atoms. The van der Waals surface area contributed by atoms with Crippen molar-refractivity contribution in [1.29, 1.82) is 0 Å². The second-order valence-electron chi connectivity index (χ2n) is 7.23. The molecule has 2 nitrogen and oxygen atoms in total. The van der Waals surface area contributed by atoms with E-state index in [9.17, 15) is 0 Å². The number of hydrogen-bond donors (Lipinski definition) is 0. The zero-order valence-corrected chi connectivity index (χ0v) is 13.2. The van der Waals surface area contributed by atoms with Crippen LogP contribution in [-0.4, -0.2) is 38.0 Å². The Morgan fingerprint density at radius 3 is 2.62 bits per heavy atom. The van der Waals surface area contributed by atoms with Crippen LogP contribution in [0, 0.1) is 17.8 Å². The van der Waals surface area contributed by atoms with Crippen molar-refractivity contribution in [3.8, 4) is 0 Å². The Labute approximate surface area is 130 Å². The van der Waals surface area contributed by atoms with Gasteiger partial charge >= 0.3 is 0 Å². The van der Waals surface area contributed by atoms with Crippen molar-refractivity contribution in [1.82, 2.24) is 4.90 Å². The van der Waals surface area contributed by atoms with E-state index in [1.807, 2.05) is 0 Å². The molecule has 3 heteroatoms. The number of benzene rings is 1. The van der Waals surface area contributed by atoms with E-state index in [2.05, 4.69) is 49.1 Å². The summed E-state index contributed by atoms with van der Waals surface area (Å²) in [5.74, 6) is 2.53. The van der Waals surface area contributed by atoms with Gasteiger partial charge in [0.1, 0.15) is 0 Å². The van der Waals surface area contributed by atoms with Crippen LogP contribution in [0.1, 0.15) is 32.3 Å². The molecule has 2 aliphatic heterocycles. The highest BCUT2D eigenvalue weighted by atomic mass is 16.5. The minimum Gasteiger partial charge on any atom is -0.372 e. The zero-order chi connectivity index (χ0) is 13.7. The molecule has 1 saturated carbocycles. The fraction of sp³-hybridized carbons (Fsp3) is 0.667. The number of rotatable bonds is 3. The fourth-order valence-electron chi connectivity index (χ4n) is 5.34. The van der Waals surface area contributed by atoms with Gasteiger partial charge in [-0.1, -0.05) is 37.3 Å². The quantitative estimate of drug-likeness (QED) is 0.790. The first-order valence-corrected chi connectivity index (χ1v) is 8.10. The molecule has 3 radical (unpaired) electrons. The summed E-state index contributed by atoms with van der Waals surface area (Å²) < 4.78 is 6.31. The van der Waals surface area contributed by atoms with E-state index in [1.165, 1.54) is 24.9 Å². The van der Waals surface area contributed by atoms with Crippen molar-refractivity contribution >= 4 is 8.41 Å². The van der Waals surface area contributed by atoms with Crippen molar-refractivity contribution in [2.45, 2.75) is 44.9 Å². The molecule has 1 aromatic carbocycles. The highest BCUT2D eigenvalue weighted by Gasteiger charge is 2.63. The second kappa shape index (κ2) is 5.44. The Balaban J connectivity index is 0.00000132. The summed E-state index contributed by atoms with van der Waals surface area (Å²) in [5, 5.41) is 0. The van der Waals surface area contributed by atoms with E-state index < -0.39 is 0 Å². The monoisotopic (exact) mass is 282 g/mol. The minimum atomic E-state index is 0. The Kier molecular flexibility index (Phi) is 3.92. The maximum absolute atomic E-state index is 6.31. The molecule has 0 bridgehead atoms. The van der Waals surface area contributed by atoms with E-state index in [0.717, 1.165) is 30.9 Å². The number of hydrogen-bond acceptors (Lipinski definition) is 2. The summed E-state index contributed by atoms with van der Waals surface area (Å²) in [5.41, 5.74) is 1.73. The fourth-order valence-corrected chi connectivity index (χ4v) is 5.34. The standard InChI is InChI=1S/C18H25NO.B/c1-13-10-19-11-17(16-9-8-15(13)18(16,19)2)20-12-14-6-4-3-5-7-14;/h3-7,13,15-17H,8-12H2,1-2H3;/t13-,15+,16-,17-,18-;/m1./s1. The van der Waals surface area contributed by atoms with Gasteiger partial charge in [0.25, 0.3) is 0 Å². The lowest BCUT2D eigenvalue weighted by Gasteiger charge is -2.32. The average molecular weight is 282 g/mol. The highest BCUT2D eigenvalue weighted by molar-refractivity contribution is 5.75. The molecule has 1 aliphatic carbocycles. The Morgan fingerprint density at radius 2 is 1.86 bits per heavy atom. The van der Waals surface area contributed by atoms with Crippen LogP contribution in [0.5, 0.6) is 0 Å². The summed E-state index contributed by atoms with van der Waals surface area (Å²) in [6.45, 7) is 8.14. The first kappa shape index (κ1) is 15.1. The second-order valence-corrected chi connectivity index (χ2v) is 7.23. The van der Waals surface area contributed by atoms with E-state index in [-0.39, 0.29) is 8.41 Å². The predicted molar refractivity (Wildman–Crippen MR) is 86.1 cm³/mol. The van der Waals surface area contributed by atoms with Crippen LogP contribution in [0.15, 0.2) is 30.3 Å². The molecular formula is C18H25BNO.